The summed E-state index contributed by atoms with van der Waals surface area (Å²) >= 11 is 0. The third-order valence-electron chi connectivity index (χ3n) is 9.18. The summed E-state index contributed by atoms with van der Waals surface area (Å²) < 4.78 is 0. The predicted octanol–water partition coefficient (Wildman–Crippen LogP) is 11.7. The molecule has 9 aromatic rings. The zero-order valence-corrected chi connectivity index (χ0v) is 29.2. The molecule has 0 bridgehead atoms. The molecule has 0 saturated carbocycles. The zero-order valence-electron chi connectivity index (χ0n) is 29.2. The van der Waals surface area contributed by atoms with Crippen molar-refractivity contribution in [3.05, 3.63) is 193 Å². The molecule has 54 heavy (non-hydrogen) atoms. The molecule has 0 spiro atoms. The molecule has 2 heterocycles. The van der Waals surface area contributed by atoms with Gasteiger partial charge in [0.05, 0.1) is 33.8 Å². The molecule has 0 aliphatic carbocycles. The summed E-state index contributed by atoms with van der Waals surface area (Å²) in [5.74, 6) is 1.28. The molecule has 0 N–H and O–H groups in total. The van der Waals surface area contributed by atoms with Crippen LogP contribution >= 0.6 is 0 Å². The van der Waals surface area contributed by atoms with Crippen LogP contribution in [0.25, 0.3) is 67.1 Å². The topological polar surface area (TPSA) is 76.3 Å². The molecular formula is C48H32N6. The summed E-state index contributed by atoms with van der Waals surface area (Å²) in [4.78, 5) is 29.8. The minimum atomic E-state index is 0.640. The lowest BCUT2D eigenvalue weighted by Crippen LogP contribution is -1.97. The highest BCUT2D eigenvalue weighted by Gasteiger charge is 2.15. The Kier molecular flexibility index (Phi) is 8.81. The average molecular weight is 693 g/mol. The number of nitrogens with zero attached hydrogens (tertiary/aromatic N) is 6. The van der Waals surface area contributed by atoms with E-state index in [4.69, 9.17) is 29.9 Å². The molecule has 0 amide bonds. The van der Waals surface area contributed by atoms with E-state index >= 15 is 0 Å². The Morgan fingerprint density at radius 3 is 1.09 bits per heavy atom. The first kappa shape index (κ1) is 32.5. The maximum Gasteiger partial charge on any atom is 0.160 e. The fraction of sp³-hybridized carbons (Fsp3) is 0. The van der Waals surface area contributed by atoms with Crippen LogP contribution in [0.2, 0.25) is 0 Å². The summed E-state index contributed by atoms with van der Waals surface area (Å²) in [7, 11) is 0. The Balaban J connectivity index is 1.08. The number of benzene rings is 7. The third kappa shape index (κ3) is 6.92. The van der Waals surface area contributed by atoms with Crippen LogP contribution in [0, 0.1) is 0 Å². The smallest absolute Gasteiger partial charge is 0.160 e. The molecule has 0 saturated heterocycles. The average Bonchev–Trinajstić information content (AvgIpc) is 3.25. The van der Waals surface area contributed by atoms with E-state index in [0.717, 1.165) is 77.9 Å². The fourth-order valence-electron chi connectivity index (χ4n) is 6.43. The van der Waals surface area contributed by atoms with Gasteiger partial charge in [-0.1, -0.05) is 146 Å². The Bertz CT molecular complexity index is 2590. The largest absolute Gasteiger partial charge is 0.256 e. The molecule has 0 unspecified atom stereocenters. The van der Waals surface area contributed by atoms with Gasteiger partial charge in [-0.2, -0.15) is 0 Å². The normalized spacial score (nSPS) is 11.6. The van der Waals surface area contributed by atoms with Crippen molar-refractivity contribution in [2.75, 3.05) is 0 Å². The van der Waals surface area contributed by atoms with Crippen molar-refractivity contribution < 1.29 is 0 Å². The van der Waals surface area contributed by atoms with E-state index in [1.165, 1.54) is 0 Å². The summed E-state index contributed by atoms with van der Waals surface area (Å²) in [5, 5.41) is 1.88. The Morgan fingerprint density at radius 2 is 0.704 bits per heavy atom. The standard InChI is InChI=1S/C48H32N6/c1-5-13-33(14-6-1)31-49-39-25-27-43-41(29-39)45(35-17-9-3-10-18-35)53-47(51-43)37-21-23-38(24-22-37)48-52-44-28-26-40(50-32-34-15-7-2-8-16-34)30-42(44)46(54-48)36-19-11-4-12-20-36/h1-32H. The molecule has 0 aliphatic heterocycles. The van der Waals surface area contributed by atoms with Gasteiger partial charge in [-0.15, -0.1) is 0 Å². The van der Waals surface area contributed by atoms with Crippen LogP contribution in [0.4, 0.5) is 11.4 Å². The van der Waals surface area contributed by atoms with Crippen molar-refractivity contribution in [1.82, 2.24) is 19.9 Å². The maximum atomic E-state index is 5.13. The minimum Gasteiger partial charge on any atom is -0.256 e. The van der Waals surface area contributed by atoms with Crippen LogP contribution < -0.4 is 0 Å². The number of rotatable bonds is 8. The van der Waals surface area contributed by atoms with E-state index in [1.54, 1.807) is 0 Å². The lowest BCUT2D eigenvalue weighted by atomic mass is 10.0. The molecule has 0 aliphatic rings. The molecule has 0 atom stereocenters. The second-order valence-corrected chi connectivity index (χ2v) is 12.8. The number of aliphatic imine (C=N–C) groups is 2. The Hall–Kier alpha value is -7.44. The maximum absolute atomic E-state index is 5.13. The van der Waals surface area contributed by atoms with Crippen LogP contribution in [0.3, 0.4) is 0 Å². The highest BCUT2D eigenvalue weighted by Crippen LogP contribution is 2.34. The predicted molar refractivity (Wildman–Crippen MR) is 222 cm³/mol. The zero-order chi connectivity index (χ0) is 36.1. The summed E-state index contributed by atoms with van der Waals surface area (Å²) in [6.07, 6.45) is 3.75. The van der Waals surface area contributed by atoms with Crippen LogP contribution in [-0.2, 0) is 0 Å². The molecule has 0 radical (unpaired) electrons. The molecule has 2 aromatic heterocycles. The summed E-state index contributed by atoms with van der Waals surface area (Å²) in [6.45, 7) is 0. The molecule has 7 aromatic carbocycles. The van der Waals surface area contributed by atoms with Gasteiger partial charge in [-0.3, -0.25) is 9.98 Å². The van der Waals surface area contributed by atoms with Gasteiger partial charge in [0.15, 0.2) is 11.6 Å². The molecule has 254 valence electrons. The molecular weight excluding hydrogens is 661 g/mol. The first-order valence-corrected chi connectivity index (χ1v) is 17.8. The minimum absolute atomic E-state index is 0.640. The quantitative estimate of drug-likeness (QED) is 0.149. The van der Waals surface area contributed by atoms with Gasteiger partial charge in [0.25, 0.3) is 0 Å². The highest BCUT2D eigenvalue weighted by molar-refractivity contribution is 5.97. The van der Waals surface area contributed by atoms with Gasteiger partial charge in [0.2, 0.25) is 0 Å². The van der Waals surface area contributed by atoms with Crippen molar-refractivity contribution >= 4 is 45.6 Å². The van der Waals surface area contributed by atoms with Crippen molar-refractivity contribution in [3.63, 3.8) is 0 Å². The first-order valence-electron chi connectivity index (χ1n) is 17.8. The van der Waals surface area contributed by atoms with E-state index in [9.17, 15) is 0 Å². The molecule has 6 heteroatoms. The van der Waals surface area contributed by atoms with Gasteiger partial charge in [0, 0.05) is 45.5 Å². The van der Waals surface area contributed by atoms with Gasteiger partial charge in [-0.05, 0) is 47.5 Å². The molecule has 6 nitrogen and oxygen atoms in total. The van der Waals surface area contributed by atoms with Crippen LogP contribution in [0.5, 0.6) is 0 Å². The van der Waals surface area contributed by atoms with Crippen LogP contribution in [0.15, 0.2) is 192 Å². The van der Waals surface area contributed by atoms with Crippen molar-refractivity contribution in [2.45, 2.75) is 0 Å². The van der Waals surface area contributed by atoms with Crippen molar-refractivity contribution in [1.29, 1.82) is 0 Å². The third-order valence-corrected chi connectivity index (χ3v) is 9.18. The highest BCUT2D eigenvalue weighted by atomic mass is 14.9. The van der Waals surface area contributed by atoms with E-state index in [0.29, 0.717) is 11.6 Å². The summed E-state index contributed by atoms with van der Waals surface area (Å²) in [6, 6.07) is 60.9. The molecule has 0 fully saturated rings. The van der Waals surface area contributed by atoms with Gasteiger partial charge < -0.3 is 0 Å². The van der Waals surface area contributed by atoms with Gasteiger partial charge >= 0.3 is 0 Å². The van der Waals surface area contributed by atoms with Crippen molar-refractivity contribution in [3.8, 4) is 45.3 Å². The first-order chi connectivity index (χ1) is 26.7. The second-order valence-electron chi connectivity index (χ2n) is 12.8. The van der Waals surface area contributed by atoms with Crippen molar-refractivity contribution in [2.24, 2.45) is 9.98 Å². The number of hydrogen-bond donors (Lipinski definition) is 0. The second kappa shape index (κ2) is 14.7. The van der Waals surface area contributed by atoms with E-state index in [-0.39, 0.29) is 0 Å². The number of aromatic nitrogens is 4. The number of hydrogen-bond acceptors (Lipinski definition) is 6. The fourth-order valence-corrected chi connectivity index (χ4v) is 6.43. The summed E-state index contributed by atoms with van der Waals surface area (Å²) in [5.41, 5.74) is 11.0. The van der Waals surface area contributed by atoms with Gasteiger partial charge in [0.1, 0.15) is 0 Å². The monoisotopic (exact) mass is 692 g/mol. The Morgan fingerprint density at radius 1 is 0.333 bits per heavy atom. The molecule has 9 rings (SSSR count). The lowest BCUT2D eigenvalue weighted by Gasteiger charge is -2.12. The van der Waals surface area contributed by atoms with E-state index in [1.807, 2.05) is 158 Å². The number of fused-ring (bicyclic) bond motifs is 2. The van der Waals surface area contributed by atoms with Crippen LogP contribution in [-0.4, -0.2) is 32.4 Å². The Labute approximate surface area is 313 Å². The van der Waals surface area contributed by atoms with Gasteiger partial charge in [-0.25, -0.2) is 19.9 Å². The van der Waals surface area contributed by atoms with E-state index < -0.39 is 0 Å². The lowest BCUT2D eigenvalue weighted by molar-refractivity contribution is 1.22. The van der Waals surface area contributed by atoms with E-state index in [2.05, 4.69) is 36.4 Å². The van der Waals surface area contributed by atoms with Crippen LogP contribution in [0.1, 0.15) is 11.1 Å². The SMILES string of the molecule is C(=Nc1ccc2nc(-c3ccc(-c4nc(-c5ccccc5)c5cc(N=Cc6ccccc6)ccc5n4)cc3)nc(-c3ccccc3)c2c1)c1ccccc1.